The first kappa shape index (κ1) is 21.5. The van der Waals surface area contributed by atoms with E-state index in [9.17, 15) is 9.59 Å². The van der Waals surface area contributed by atoms with Gasteiger partial charge in [-0.1, -0.05) is 48.5 Å². The van der Waals surface area contributed by atoms with Crippen LogP contribution in [0.2, 0.25) is 0 Å². The third-order valence-corrected chi connectivity index (χ3v) is 6.00. The highest BCUT2D eigenvalue weighted by Crippen LogP contribution is 2.28. The van der Waals surface area contributed by atoms with Crippen molar-refractivity contribution in [3.05, 3.63) is 102 Å². The fourth-order valence-corrected chi connectivity index (χ4v) is 4.07. The van der Waals surface area contributed by atoms with Crippen LogP contribution in [0.3, 0.4) is 0 Å². The van der Waals surface area contributed by atoms with Crippen LogP contribution in [0.1, 0.15) is 46.0 Å². The molecule has 2 aromatic carbocycles. The van der Waals surface area contributed by atoms with Crippen molar-refractivity contribution in [2.24, 2.45) is 0 Å². The molecule has 0 aliphatic heterocycles. The summed E-state index contributed by atoms with van der Waals surface area (Å²) in [6.45, 7) is 4.62. The molecule has 7 heteroatoms. The standard InChI is InChI=1S/C27H23N5O2/c1-3-31-16-22(15-30-31)24-23-12-13-32(26(23)29-17-28-24)27(34)18(2)20-10-7-11-21(14-20)25(33)19-8-5-4-6-9-19/h4-18H,3H2,1-2H3. The van der Waals surface area contributed by atoms with Crippen LogP contribution in [0.4, 0.5) is 0 Å². The van der Waals surface area contributed by atoms with Gasteiger partial charge >= 0.3 is 0 Å². The van der Waals surface area contributed by atoms with Crippen molar-refractivity contribution < 1.29 is 9.59 Å². The Kier molecular flexibility index (Phi) is 5.59. The lowest BCUT2D eigenvalue weighted by atomic mass is 9.95. The van der Waals surface area contributed by atoms with Crippen LogP contribution < -0.4 is 0 Å². The van der Waals surface area contributed by atoms with E-state index in [0.29, 0.717) is 16.8 Å². The SMILES string of the molecule is CCn1cc(-c2ncnc3c2ccn3C(=O)C(C)c2cccc(C(=O)c3ccccc3)c2)cn1. The van der Waals surface area contributed by atoms with E-state index in [0.717, 1.165) is 28.8 Å². The Morgan fingerprint density at radius 3 is 2.53 bits per heavy atom. The number of ketones is 1. The number of benzene rings is 2. The molecular weight excluding hydrogens is 426 g/mol. The van der Waals surface area contributed by atoms with Crippen LogP contribution in [0, 0.1) is 0 Å². The van der Waals surface area contributed by atoms with E-state index in [-0.39, 0.29) is 11.7 Å². The van der Waals surface area contributed by atoms with Gasteiger partial charge < -0.3 is 0 Å². The van der Waals surface area contributed by atoms with Crippen LogP contribution >= 0.6 is 0 Å². The normalized spacial score (nSPS) is 12.1. The predicted molar refractivity (Wildman–Crippen MR) is 130 cm³/mol. The highest BCUT2D eigenvalue weighted by Gasteiger charge is 2.22. The van der Waals surface area contributed by atoms with Gasteiger partial charge in [0.2, 0.25) is 5.91 Å². The van der Waals surface area contributed by atoms with Crippen molar-refractivity contribution in [3.63, 3.8) is 0 Å². The molecule has 168 valence electrons. The number of carbonyl (C=O) groups excluding carboxylic acids is 2. The molecule has 3 heterocycles. The van der Waals surface area contributed by atoms with Crippen LogP contribution in [0.5, 0.6) is 0 Å². The van der Waals surface area contributed by atoms with Gasteiger partial charge in [0.15, 0.2) is 11.4 Å². The summed E-state index contributed by atoms with van der Waals surface area (Å²) in [6, 6.07) is 18.2. The molecule has 0 N–H and O–H groups in total. The highest BCUT2D eigenvalue weighted by molar-refractivity contribution is 6.09. The van der Waals surface area contributed by atoms with Crippen LogP contribution in [-0.2, 0) is 6.54 Å². The Morgan fingerprint density at radius 2 is 1.76 bits per heavy atom. The van der Waals surface area contributed by atoms with Gasteiger partial charge in [0, 0.05) is 41.0 Å². The molecule has 0 aliphatic rings. The highest BCUT2D eigenvalue weighted by atomic mass is 16.2. The zero-order chi connectivity index (χ0) is 23.7. The summed E-state index contributed by atoms with van der Waals surface area (Å²) in [5, 5.41) is 5.11. The number of aromatic nitrogens is 5. The second-order valence-corrected chi connectivity index (χ2v) is 8.11. The van der Waals surface area contributed by atoms with Gasteiger partial charge in [0.1, 0.15) is 6.33 Å². The maximum atomic E-state index is 13.5. The topological polar surface area (TPSA) is 82.7 Å². The van der Waals surface area contributed by atoms with Crippen LogP contribution in [-0.4, -0.2) is 36.0 Å². The molecule has 0 fully saturated rings. The van der Waals surface area contributed by atoms with Crippen molar-refractivity contribution in [1.29, 1.82) is 0 Å². The van der Waals surface area contributed by atoms with E-state index in [1.54, 1.807) is 41.2 Å². The summed E-state index contributed by atoms with van der Waals surface area (Å²) in [6.07, 6.45) is 6.89. The quantitative estimate of drug-likeness (QED) is 0.341. The molecule has 5 rings (SSSR count). The molecule has 0 saturated heterocycles. The van der Waals surface area contributed by atoms with E-state index in [4.69, 9.17) is 0 Å². The molecule has 0 saturated carbocycles. The van der Waals surface area contributed by atoms with Gasteiger partial charge in [-0.3, -0.25) is 18.8 Å². The first-order valence-corrected chi connectivity index (χ1v) is 11.2. The largest absolute Gasteiger partial charge is 0.289 e. The smallest absolute Gasteiger partial charge is 0.239 e. The number of aryl methyl sites for hydroxylation is 1. The molecule has 3 aromatic heterocycles. The van der Waals surface area contributed by atoms with Crippen LogP contribution in [0.15, 0.2) is 85.6 Å². The Morgan fingerprint density at radius 1 is 0.971 bits per heavy atom. The number of hydrogen-bond donors (Lipinski definition) is 0. The molecule has 0 aliphatic carbocycles. The van der Waals surface area contributed by atoms with Crippen molar-refractivity contribution in [3.8, 4) is 11.3 Å². The Hall–Kier alpha value is -4.39. The number of carbonyl (C=O) groups is 2. The van der Waals surface area contributed by atoms with Crippen LogP contribution in [0.25, 0.3) is 22.3 Å². The van der Waals surface area contributed by atoms with E-state index < -0.39 is 5.92 Å². The lowest BCUT2D eigenvalue weighted by molar-refractivity contribution is 0.0888. The Balaban J connectivity index is 1.47. The molecule has 0 amide bonds. The fourth-order valence-electron chi connectivity index (χ4n) is 4.07. The predicted octanol–water partition coefficient (Wildman–Crippen LogP) is 4.99. The molecule has 0 radical (unpaired) electrons. The molecule has 1 unspecified atom stereocenters. The zero-order valence-corrected chi connectivity index (χ0v) is 18.9. The van der Waals surface area contributed by atoms with Gasteiger partial charge in [-0.05, 0) is 31.5 Å². The maximum Gasteiger partial charge on any atom is 0.239 e. The van der Waals surface area contributed by atoms with Gasteiger partial charge in [-0.15, -0.1) is 0 Å². The number of rotatable bonds is 6. The number of nitrogens with zero attached hydrogens (tertiary/aromatic N) is 5. The molecule has 0 bridgehead atoms. The average molecular weight is 450 g/mol. The summed E-state index contributed by atoms with van der Waals surface area (Å²) in [7, 11) is 0. The van der Waals surface area contributed by atoms with Gasteiger partial charge in [0.05, 0.1) is 17.8 Å². The number of hydrogen-bond acceptors (Lipinski definition) is 5. The van der Waals surface area contributed by atoms with E-state index in [1.165, 1.54) is 6.33 Å². The minimum absolute atomic E-state index is 0.0708. The maximum absolute atomic E-state index is 13.5. The van der Waals surface area contributed by atoms with Gasteiger partial charge in [-0.25, -0.2) is 9.97 Å². The molecule has 5 aromatic rings. The summed E-state index contributed by atoms with van der Waals surface area (Å²) in [4.78, 5) is 35.2. The summed E-state index contributed by atoms with van der Waals surface area (Å²) in [5.74, 6) is -0.674. The minimum Gasteiger partial charge on any atom is -0.289 e. The van der Waals surface area contributed by atoms with E-state index in [2.05, 4.69) is 15.1 Å². The third-order valence-electron chi connectivity index (χ3n) is 6.00. The average Bonchev–Trinajstić information content (AvgIpc) is 3.55. The first-order chi connectivity index (χ1) is 16.6. The minimum atomic E-state index is -0.472. The molecule has 0 spiro atoms. The lowest BCUT2D eigenvalue weighted by Crippen LogP contribution is -2.18. The second kappa shape index (κ2) is 8.86. The van der Waals surface area contributed by atoms with Crippen molar-refractivity contribution in [1.82, 2.24) is 24.3 Å². The third kappa shape index (κ3) is 3.81. The van der Waals surface area contributed by atoms with E-state index in [1.807, 2.05) is 61.1 Å². The number of fused-ring (bicyclic) bond motifs is 1. The van der Waals surface area contributed by atoms with Crippen molar-refractivity contribution in [2.75, 3.05) is 0 Å². The van der Waals surface area contributed by atoms with Gasteiger partial charge in [0.25, 0.3) is 0 Å². The van der Waals surface area contributed by atoms with Gasteiger partial charge in [-0.2, -0.15) is 5.10 Å². The fraction of sp³-hybridized carbons (Fsp3) is 0.148. The lowest BCUT2D eigenvalue weighted by Gasteiger charge is -2.13. The van der Waals surface area contributed by atoms with Crippen molar-refractivity contribution >= 4 is 22.7 Å². The monoisotopic (exact) mass is 449 g/mol. The summed E-state index contributed by atoms with van der Waals surface area (Å²) < 4.78 is 3.39. The Labute approximate surface area is 196 Å². The molecular formula is C27H23N5O2. The summed E-state index contributed by atoms with van der Waals surface area (Å²) >= 11 is 0. The zero-order valence-electron chi connectivity index (χ0n) is 18.9. The molecule has 7 nitrogen and oxygen atoms in total. The van der Waals surface area contributed by atoms with Crippen molar-refractivity contribution in [2.45, 2.75) is 26.3 Å². The van der Waals surface area contributed by atoms with E-state index >= 15 is 0 Å². The summed E-state index contributed by atoms with van der Waals surface area (Å²) in [5.41, 5.74) is 4.10. The second-order valence-electron chi connectivity index (χ2n) is 8.11. The Bertz CT molecular complexity index is 1500. The molecule has 1 atom stereocenters. The molecule has 34 heavy (non-hydrogen) atoms. The first-order valence-electron chi connectivity index (χ1n) is 11.2.